The summed E-state index contributed by atoms with van der Waals surface area (Å²) in [4.78, 5) is 32.0. The minimum absolute atomic E-state index is 0.0247. The van der Waals surface area contributed by atoms with Gasteiger partial charge in [-0.2, -0.15) is 0 Å². The van der Waals surface area contributed by atoms with Crippen LogP contribution in [0.5, 0.6) is 0 Å². The van der Waals surface area contributed by atoms with Crippen LogP contribution in [0, 0.1) is 6.92 Å². The second-order valence-corrected chi connectivity index (χ2v) is 8.82. The molecule has 0 aliphatic heterocycles. The van der Waals surface area contributed by atoms with Gasteiger partial charge in [-0.3, -0.25) is 9.78 Å². The van der Waals surface area contributed by atoms with E-state index in [1.165, 1.54) is 10.4 Å². The number of aromatic nitrogens is 4. The molecule has 0 N–H and O–H groups in total. The van der Waals surface area contributed by atoms with Crippen LogP contribution in [0.3, 0.4) is 0 Å². The largest absolute Gasteiger partial charge is 0.332 e. The number of likely N-dealkylation sites (N-methyl/N-ethyl adjacent to an activating group) is 1. The molecule has 0 saturated heterocycles. The van der Waals surface area contributed by atoms with E-state index in [0.717, 1.165) is 17.9 Å². The third kappa shape index (κ3) is 4.98. The first-order valence-corrected chi connectivity index (χ1v) is 11.1. The minimum atomic E-state index is -0.0247. The number of rotatable bonds is 8. The van der Waals surface area contributed by atoms with Gasteiger partial charge in [0.05, 0.1) is 30.7 Å². The van der Waals surface area contributed by atoms with Crippen LogP contribution in [0.25, 0.3) is 11.2 Å². The summed E-state index contributed by atoms with van der Waals surface area (Å²) in [6.07, 6.45) is 5.18. The van der Waals surface area contributed by atoms with Crippen molar-refractivity contribution in [1.82, 2.24) is 29.3 Å². The van der Waals surface area contributed by atoms with Gasteiger partial charge in [-0.05, 0) is 56.2 Å². The molecule has 8 heteroatoms. The number of pyridine rings is 2. The van der Waals surface area contributed by atoms with Crippen LogP contribution in [-0.2, 0) is 13.1 Å². The van der Waals surface area contributed by atoms with E-state index in [0.29, 0.717) is 30.7 Å². The van der Waals surface area contributed by atoms with Crippen molar-refractivity contribution in [2.75, 3.05) is 27.2 Å². The summed E-state index contributed by atoms with van der Waals surface area (Å²) >= 11 is 1.69. The Morgan fingerprint density at radius 1 is 1.13 bits per heavy atom. The fraction of sp³-hybridized carbons (Fsp3) is 0.304. The fourth-order valence-corrected chi connectivity index (χ4v) is 4.26. The zero-order chi connectivity index (χ0) is 21.8. The van der Waals surface area contributed by atoms with Crippen LogP contribution in [0.2, 0.25) is 0 Å². The molecule has 0 atom stereocenters. The predicted octanol–water partition coefficient (Wildman–Crippen LogP) is 3.45. The second-order valence-electron chi connectivity index (χ2n) is 7.82. The molecular formula is C23H26N6OS. The highest BCUT2D eigenvalue weighted by molar-refractivity contribution is 7.10. The van der Waals surface area contributed by atoms with Crippen molar-refractivity contribution < 1.29 is 4.79 Å². The van der Waals surface area contributed by atoms with E-state index >= 15 is 0 Å². The zero-order valence-electron chi connectivity index (χ0n) is 18.0. The lowest BCUT2D eigenvalue weighted by Crippen LogP contribution is -2.36. The lowest BCUT2D eigenvalue weighted by atomic mass is 10.2. The summed E-state index contributed by atoms with van der Waals surface area (Å²) in [5.74, 6) is -0.0247. The van der Waals surface area contributed by atoms with Gasteiger partial charge >= 0.3 is 0 Å². The van der Waals surface area contributed by atoms with Crippen molar-refractivity contribution in [2.45, 2.75) is 20.0 Å². The van der Waals surface area contributed by atoms with Gasteiger partial charge in [0.2, 0.25) is 0 Å². The van der Waals surface area contributed by atoms with Gasteiger partial charge in [0.1, 0.15) is 5.52 Å². The molecule has 0 aliphatic carbocycles. The van der Waals surface area contributed by atoms with E-state index in [2.05, 4.69) is 38.2 Å². The molecule has 160 valence electrons. The molecule has 4 rings (SSSR count). The highest BCUT2D eigenvalue weighted by Gasteiger charge is 2.19. The summed E-state index contributed by atoms with van der Waals surface area (Å²) in [6.45, 7) is 4.72. The molecule has 0 bridgehead atoms. The van der Waals surface area contributed by atoms with Crippen LogP contribution in [0.4, 0.5) is 0 Å². The predicted molar refractivity (Wildman–Crippen MR) is 123 cm³/mol. The van der Waals surface area contributed by atoms with Crippen molar-refractivity contribution in [3.8, 4) is 0 Å². The summed E-state index contributed by atoms with van der Waals surface area (Å²) in [5.41, 5.74) is 4.17. The Hall–Kier alpha value is -3.10. The molecular weight excluding hydrogens is 408 g/mol. The summed E-state index contributed by atoms with van der Waals surface area (Å²) in [6, 6.07) is 9.76. The third-order valence-corrected chi connectivity index (χ3v) is 6.18. The Bertz CT molecular complexity index is 1170. The van der Waals surface area contributed by atoms with Crippen molar-refractivity contribution in [3.05, 3.63) is 76.1 Å². The molecule has 4 aromatic heterocycles. The average Bonchev–Trinajstić information content (AvgIpc) is 3.36. The molecule has 0 aliphatic rings. The van der Waals surface area contributed by atoms with E-state index in [-0.39, 0.29) is 5.91 Å². The number of aryl methyl sites for hydroxylation is 1. The van der Waals surface area contributed by atoms with Crippen molar-refractivity contribution in [2.24, 2.45) is 0 Å². The quantitative estimate of drug-likeness (QED) is 0.425. The SMILES string of the molecule is Cc1ccsc1CN(CCN(C)C)C(=O)c1cnc2c(c1)ncn2Cc1ccccn1. The Morgan fingerprint density at radius 3 is 2.71 bits per heavy atom. The van der Waals surface area contributed by atoms with E-state index < -0.39 is 0 Å². The second kappa shape index (κ2) is 9.36. The molecule has 0 aromatic carbocycles. The lowest BCUT2D eigenvalue weighted by molar-refractivity contribution is 0.0733. The Labute approximate surface area is 186 Å². The molecule has 0 saturated carbocycles. The van der Waals surface area contributed by atoms with Gasteiger partial charge in [0.25, 0.3) is 5.91 Å². The van der Waals surface area contributed by atoms with E-state index in [1.807, 2.05) is 47.8 Å². The fourth-order valence-electron chi connectivity index (χ4n) is 3.34. The molecule has 0 fully saturated rings. The molecule has 4 heterocycles. The normalized spacial score (nSPS) is 11.4. The number of hydrogen-bond acceptors (Lipinski definition) is 6. The third-order valence-electron chi connectivity index (χ3n) is 5.17. The molecule has 4 aromatic rings. The first-order chi connectivity index (χ1) is 15.0. The number of hydrogen-bond donors (Lipinski definition) is 0. The summed E-state index contributed by atoms with van der Waals surface area (Å²) in [5, 5.41) is 2.07. The van der Waals surface area contributed by atoms with Gasteiger partial charge in [0.15, 0.2) is 5.65 Å². The van der Waals surface area contributed by atoms with Crippen LogP contribution in [0.15, 0.2) is 54.4 Å². The minimum Gasteiger partial charge on any atom is -0.332 e. The number of fused-ring (bicyclic) bond motifs is 1. The van der Waals surface area contributed by atoms with Crippen molar-refractivity contribution in [1.29, 1.82) is 0 Å². The van der Waals surface area contributed by atoms with Gasteiger partial charge in [-0.25, -0.2) is 9.97 Å². The van der Waals surface area contributed by atoms with Gasteiger partial charge < -0.3 is 14.4 Å². The zero-order valence-corrected chi connectivity index (χ0v) is 18.8. The van der Waals surface area contributed by atoms with E-state index in [4.69, 9.17) is 0 Å². The lowest BCUT2D eigenvalue weighted by Gasteiger charge is -2.24. The maximum absolute atomic E-state index is 13.4. The Balaban J connectivity index is 1.57. The molecule has 1 amide bonds. The monoisotopic (exact) mass is 434 g/mol. The maximum Gasteiger partial charge on any atom is 0.255 e. The van der Waals surface area contributed by atoms with E-state index in [1.54, 1.807) is 30.1 Å². The smallest absolute Gasteiger partial charge is 0.255 e. The number of imidazole rings is 1. The number of carbonyl (C=O) groups is 1. The van der Waals surface area contributed by atoms with Crippen molar-refractivity contribution in [3.63, 3.8) is 0 Å². The van der Waals surface area contributed by atoms with Gasteiger partial charge in [-0.1, -0.05) is 6.07 Å². The van der Waals surface area contributed by atoms with E-state index in [9.17, 15) is 4.79 Å². The summed E-state index contributed by atoms with van der Waals surface area (Å²) < 4.78 is 1.95. The van der Waals surface area contributed by atoms with Crippen LogP contribution < -0.4 is 0 Å². The number of nitrogens with zero attached hydrogens (tertiary/aromatic N) is 6. The van der Waals surface area contributed by atoms with Gasteiger partial charge in [-0.15, -0.1) is 11.3 Å². The molecule has 7 nitrogen and oxygen atoms in total. The van der Waals surface area contributed by atoms with Crippen LogP contribution in [0.1, 0.15) is 26.5 Å². The van der Waals surface area contributed by atoms with Crippen molar-refractivity contribution >= 4 is 28.4 Å². The Morgan fingerprint density at radius 2 is 2.00 bits per heavy atom. The number of carbonyl (C=O) groups excluding carboxylic acids is 1. The first kappa shape index (κ1) is 21.1. The Kier molecular flexibility index (Phi) is 6.39. The molecule has 0 spiro atoms. The highest BCUT2D eigenvalue weighted by atomic mass is 32.1. The number of amides is 1. The van der Waals surface area contributed by atoms with Gasteiger partial charge in [0, 0.05) is 30.4 Å². The molecule has 0 radical (unpaired) electrons. The molecule has 31 heavy (non-hydrogen) atoms. The molecule has 0 unspecified atom stereocenters. The topological polar surface area (TPSA) is 67.2 Å². The maximum atomic E-state index is 13.4. The van der Waals surface area contributed by atoms with Crippen LogP contribution in [-0.4, -0.2) is 62.4 Å². The number of thiophene rings is 1. The standard InChI is InChI=1S/C23H26N6OS/c1-17-7-11-31-21(17)15-28(10-9-27(2)3)23(30)18-12-20-22(25-13-18)29(16-26-20)14-19-6-4-5-8-24-19/h4-8,11-13,16H,9-10,14-15H2,1-3H3. The first-order valence-electron chi connectivity index (χ1n) is 10.2. The summed E-state index contributed by atoms with van der Waals surface area (Å²) in [7, 11) is 4.03. The average molecular weight is 435 g/mol. The van der Waals surface area contributed by atoms with Crippen LogP contribution >= 0.6 is 11.3 Å². The highest BCUT2D eigenvalue weighted by Crippen LogP contribution is 2.20.